The largest absolute Gasteiger partial charge is 0.506 e. The summed E-state index contributed by atoms with van der Waals surface area (Å²) in [7, 11) is 0. The van der Waals surface area contributed by atoms with Crippen molar-refractivity contribution in [3.8, 4) is 5.75 Å². The summed E-state index contributed by atoms with van der Waals surface area (Å²) in [6, 6.07) is 3.41. The van der Waals surface area contributed by atoms with E-state index in [4.69, 9.17) is 4.74 Å². The molecule has 1 amide bonds. The topological polar surface area (TPSA) is 83.5 Å². The van der Waals surface area contributed by atoms with Crippen LogP contribution in [-0.4, -0.2) is 33.9 Å². The van der Waals surface area contributed by atoms with Crippen LogP contribution >= 0.6 is 0 Å². The molecular weight excluding hydrogens is 294 g/mol. The Kier molecular flexibility index (Phi) is 5.14. The minimum atomic E-state index is -0.497. The van der Waals surface area contributed by atoms with E-state index >= 15 is 0 Å². The Balaban J connectivity index is 1.88. The van der Waals surface area contributed by atoms with E-state index in [0.717, 1.165) is 18.5 Å². The van der Waals surface area contributed by atoms with Crippen molar-refractivity contribution >= 4 is 6.09 Å². The molecule has 0 saturated heterocycles. The Morgan fingerprint density at radius 2 is 2.04 bits per heavy atom. The zero-order chi connectivity index (χ0) is 17.1. The molecule has 0 aliphatic heterocycles. The number of aromatic nitrogens is 1. The lowest BCUT2D eigenvalue weighted by Crippen LogP contribution is -2.53. The van der Waals surface area contributed by atoms with Crippen LogP contribution in [0, 0.1) is 5.92 Å². The second kappa shape index (κ2) is 6.74. The van der Waals surface area contributed by atoms with Crippen LogP contribution in [0.15, 0.2) is 18.3 Å². The van der Waals surface area contributed by atoms with Gasteiger partial charge >= 0.3 is 6.09 Å². The molecule has 1 aromatic heterocycles. The van der Waals surface area contributed by atoms with E-state index < -0.39 is 11.7 Å². The first-order valence-corrected chi connectivity index (χ1v) is 8.04. The number of amides is 1. The lowest BCUT2D eigenvalue weighted by atomic mass is 9.95. The monoisotopic (exact) mass is 321 g/mol. The number of aromatic hydroxyl groups is 1. The smallest absolute Gasteiger partial charge is 0.407 e. The predicted molar refractivity (Wildman–Crippen MR) is 88.1 cm³/mol. The van der Waals surface area contributed by atoms with Gasteiger partial charge in [0.05, 0.1) is 11.9 Å². The summed E-state index contributed by atoms with van der Waals surface area (Å²) < 4.78 is 5.29. The second-order valence-electron chi connectivity index (χ2n) is 7.41. The first kappa shape index (κ1) is 17.5. The third-order valence-corrected chi connectivity index (χ3v) is 3.96. The molecule has 0 aromatic carbocycles. The maximum absolute atomic E-state index is 11.9. The highest BCUT2D eigenvalue weighted by molar-refractivity contribution is 5.67. The second-order valence-corrected chi connectivity index (χ2v) is 7.41. The number of nitrogens with one attached hydrogen (secondary N) is 2. The Morgan fingerprint density at radius 3 is 2.57 bits per heavy atom. The van der Waals surface area contributed by atoms with Crippen molar-refractivity contribution in [2.24, 2.45) is 5.92 Å². The minimum absolute atomic E-state index is 0.158. The van der Waals surface area contributed by atoms with E-state index in [-0.39, 0.29) is 11.3 Å². The molecular formula is C17H27N3O3. The summed E-state index contributed by atoms with van der Waals surface area (Å²) in [5.74, 6) is 0.694. The number of carbonyl (C=O) groups is 1. The van der Waals surface area contributed by atoms with Gasteiger partial charge in [-0.1, -0.05) is 0 Å². The van der Waals surface area contributed by atoms with Crippen molar-refractivity contribution in [1.82, 2.24) is 15.6 Å². The third kappa shape index (κ3) is 5.71. The summed E-state index contributed by atoms with van der Waals surface area (Å²) in [6.07, 6.45) is 3.35. The fourth-order valence-corrected chi connectivity index (χ4v) is 2.46. The van der Waals surface area contributed by atoms with E-state index in [2.05, 4.69) is 22.5 Å². The predicted octanol–water partition coefficient (Wildman–Crippen LogP) is 2.57. The molecule has 1 aliphatic rings. The Hall–Kier alpha value is -1.82. The molecule has 6 heteroatoms. The summed E-state index contributed by atoms with van der Waals surface area (Å²) in [5, 5.41) is 15.6. The first-order valence-electron chi connectivity index (χ1n) is 8.04. The van der Waals surface area contributed by atoms with Crippen LogP contribution in [0.3, 0.4) is 0 Å². The van der Waals surface area contributed by atoms with Gasteiger partial charge in [-0.2, -0.15) is 0 Å². The highest BCUT2D eigenvalue weighted by Crippen LogP contribution is 2.39. The van der Waals surface area contributed by atoms with E-state index in [9.17, 15) is 9.90 Å². The number of nitrogens with zero attached hydrogens (tertiary/aromatic N) is 1. The SMILES string of the molecule is CC(C)(C)OC(=O)NCC(C)(NCc1ccc(O)cn1)C1CC1. The summed E-state index contributed by atoms with van der Waals surface area (Å²) in [6.45, 7) is 8.75. The van der Waals surface area contributed by atoms with Gasteiger partial charge in [-0.25, -0.2) is 4.79 Å². The van der Waals surface area contributed by atoms with Gasteiger partial charge in [-0.05, 0) is 58.6 Å². The molecule has 1 unspecified atom stereocenters. The van der Waals surface area contributed by atoms with Crippen LogP contribution in [0.5, 0.6) is 5.75 Å². The number of alkyl carbamates (subject to hydrolysis) is 1. The highest BCUT2D eigenvalue weighted by Gasteiger charge is 2.41. The molecule has 0 spiro atoms. The van der Waals surface area contributed by atoms with Gasteiger partial charge < -0.3 is 20.5 Å². The average Bonchev–Trinajstić information content (AvgIpc) is 3.28. The maximum Gasteiger partial charge on any atom is 0.407 e. The van der Waals surface area contributed by atoms with Crippen LogP contribution in [0.1, 0.15) is 46.2 Å². The van der Waals surface area contributed by atoms with E-state index in [1.807, 2.05) is 20.8 Å². The average molecular weight is 321 g/mol. The van der Waals surface area contributed by atoms with Gasteiger partial charge in [0.2, 0.25) is 0 Å². The summed E-state index contributed by atoms with van der Waals surface area (Å²) in [5.41, 5.74) is 0.159. The molecule has 2 rings (SSSR count). The fraction of sp³-hybridized carbons (Fsp3) is 0.647. The molecule has 1 saturated carbocycles. The summed E-state index contributed by atoms with van der Waals surface area (Å²) in [4.78, 5) is 16.0. The zero-order valence-corrected chi connectivity index (χ0v) is 14.3. The number of carbonyl (C=O) groups excluding carboxylic acids is 1. The fourth-order valence-electron chi connectivity index (χ4n) is 2.46. The number of hydrogen-bond acceptors (Lipinski definition) is 5. The van der Waals surface area contributed by atoms with Gasteiger partial charge in [0, 0.05) is 18.6 Å². The lowest BCUT2D eigenvalue weighted by molar-refractivity contribution is 0.0507. The van der Waals surface area contributed by atoms with Crippen molar-refractivity contribution in [3.63, 3.8) is 0 Å². The van der Waals surface area contributed by atoms with Crippen molar-refractivity contribution in [3.05, 3.63) is 24.0 Å². The highest BCUT2D eigenvalue weighted by atomic mass is 16.6. The van der Waals surface area contributed by atoms with E-state index in [1.165, 1.54) is 6.20 Å². The van der Waals surface area contributed by atoms with Crippen LogP contribution < -0.4 is 10.6 Å². The molecule has 1 fully saturated rings. The number of pyridine rings is 1. The van der Waals surface area contributed by atoms with Crippen LogP contribution in [0.25, 0.3) is 0 Å². The molecule has 23 heavy (non-hydrogen) atoms. The number of rotatable bonds is 6. The van der Waals surface area contributed by atoms with E-state index in [0.29, 0.717) is 19.0 Å². The number of ether oxygens (including phenoxy) is 1. The number of hydrogen-bond donors (Lipinski definition) is 3. The molecule has 128 valence electrons. The normalized spacial score (nSPS) is 17.4. The lowest BCUT2D eigenvalue weighted by Gasteiger charge is -2.32. The maximum atomic E-state index is 11.9. The van der Waals surface area contributed by atoms with E-state index in [1.54, 1.807) is 12.1 Å². The van der Waals surface area contributed by atoms with Crippen molar-refractivity contribution < 1.29 is 14.6 Å². The molecule has 1 atom stereocenters. The molecule has 1 aliphatic carbocycles. The molecule has 1 aromatic rings. The Bertz CT molecular complexity index is 535. The quantitative estimate of drug-likeness (QED) is 0.750. The van der Waals surface area contributed by atoms with Crippen molar-refractivity contribution in [2.45, 2.75) is 58.2 Å². The van der Waals surface area contributed by atoms with Crippen molar-refractivity contribution in [2.75, 3.05) is 6.54 Å². The Morgan fingerprint density at radius 1 is 1.35 bits per heavy atom. The van der Waals surface area contributed by atoms with Gasteiger partial charge in [0.15, 0.2) is 0 Å². The molecule has 6 nitrogen and oxygen atoms in total. The zero-order valence-electron chi connectivity index (χ0n) is 14.3. The molecule has 3 N–H and O–H groups in total. The minimum Gasteiger partial charge on any atom is -0.506 e. The first-order chi connectivity index (χ1) is 10.7. The molecule has 0 bridgehead atoms. The van der Waals surface area contributed by atoms with Crippen molar-refractivity contribution in [1.29, 1.82) is 0 Å². The van der Waals surface area contributed by atoms with Gasteiger partial charge in [0.1, 0.15) is 11.4 Å². The van der Waals surface area contributed by atoms with Crippen LogP contribution in [-0.2, 0) is 11.3 Å². The standard InChI is InChI=1S/C17H27N3O3/c1-16(2,3)23-15(22)19-11-17(4,12-5-6-12)20-9-13-7-8-14(21)10-18-13/h7-8,10,12,20-21H,5-6,9,11H2,1-4H3,(H,19,22). The third-order valence-electron chi connectivity index (χ3n) is 3.96. The van der Waals surface area contributed by atoms with Gasteiger partial charge in [0.25, 0.3) is 0 Å². The van der Waals surface area contributed by atoms with Crippen LogP contribution in [0.2, 0.25) is 0 Å². The van der Waals surface area contributed by atoms with Crippen LogP contribution in [0.4, 0.5) is 4.79 Å². The molecule has 1 heterocycles. The summed E-state index contributed by atoms with van der Waals surface area (Å²) >= 11 is 0. The van der Waals surface area contributed by atoms with Gasteiger partial charge in [-0.3, -0.25) is 4.98 Å². The Labute approximate surface area is 137 Å². The van der Waals surface area contributed by atoms with Gasteiger partial charge in [-0.15, -0.1) is 0 Å². The molecule has 0 radical (unpaired) electrons.